The van der Waals surface area contributed by atoms with E-state index in [0.29, 0.717) is 58.6 Å². The van der Waals surface area contributed by atoms with Gasteiger partial charge < -0.3 is 19.1 Å². The Morgan fingerprint density at radius 1 is 0.852 bits per heavy atom. The topological polar surface area (TPSA) is 64.1 Å². The lowest BCUT2D eigenvalue weighted by molar-refractivity contribution is -0.127. The maximum absolute atomic E-state index is 13.3. The summed E-state index contributed by atoms with van der Waals surface area (Å²) < 4.78 is 31.0. The van der Waals surface area contributed by atoms with E-state index in [9.17, 15) is 9.18 Å². The summed E-state index contributed by atoms with van der Waals surface area (Å²) in [4.78, 5) is 21.7. The smallest absolute Gasteiger partial charge is 0.246 e. The lowest BCUT2D eigenvalue weighted by Gasteiger charge is -2.34. The minimum absolute atomic E-state index is 0.0283. The molecule has 0 aliphatic carbocycles. The Morgan fingerprint density at radius 2 is 1.57 bits per heavy atom. The van der Waals surface area contributed by atoms with Crippen molar-refractivity contribution >= 4 is 35.2 Å². The summed E-state index contributed by atoms with van der Waals surface area (Å²) in [6.45, 7) is 10.9. The molecule has 6 rings (SSSR count). The SMILES string of the molecule is Cc1cc(C=CC(=O)N2CCN(Cc3ccc(CCOc4ccc(C(C)C)cc4)cc3)CC2)cc(Cl)c1Oc1ccc(OCc2ccc(F)cc2Cl)cn1. The molecule has 54 heavy (non-hydrogen) atoms. The fourth-order valence-electron chi connectivity index (χ4n) is 6.10. The number of halogens is 3. The van der Waals surface area contributed by atoms with Crippen molar-refractivity contribution in [1.82, 2.24) is 14.8 Å². The van der Waals surface area contributed by atoms with Gasteiger partial charge in [-0.2, -0.15) is 0 Å². The predicted molar refractivity (Wildman–Crippen MR) is 213 cm³/mol. The second-order valence-corrected chi connectivity index (χ2v) is 14.5. The number of ether oxygens (including phenoxy) is 3. The van der Waals surface area contributed by atoms with Crippen LogP contribution in [0.2, 0.25) is 10.0 Å². The molecule has 10 heteroatoms. The van der Waals surface area contributed by atoms with Gasteiger partial charge in [0.25, 0.3) is 0 Å². The highest BCUT2D eigenvalue weighted by Crippen LogP contribution is 2.34. The molecule has 5 aromatic rings. The van der Waals surface area contributed by atoms with Gasteiger partial charge in [0, 0.05) is 56.9 Å². The van der Waals surface area contributed by atoms with Gasteiger partial charge >= 0.3 is 0 Å². The number of hydrogen-bond donors (Lipinski definition) is 0. The van der Waals surface area contributed by atoms with Crippen LogP contribution in [0.1, 0.15) is 53.1 Å². The van der Waals surface area contributed by atoms with E-state index in [2.05, 4.69) is 60.1 Å². The Hall–Kier alpha value is -4.89. The minimum Gasteiger partial charge on any atom is -0.493 e. The number of carbonyl (C=O) groups excluding carboxylic acids is 1. The van der Waals surface area contributed by atoms with Gasteiger partial charge in [-0.25, -0.2) is 9.37 Å². The number of nitrogens with zero attached hydrogens (tertiary/aromatic N) is 3. The summed E-state index contributed by atoms with van der Waals surface area (Å²) in [6, 6.07) is 28.3. The third kappa shape index (κ3) is 10.8. The van der Waals surface area contributed by atoms with Crippen molar-refractivity contribution < 1.29 is 23.4 Å². The van der Waals surface area contributed by atoms with Gasteiger partial charge in [0.15, 0.2) is 5.75 Å². The second kappa shape index (κ2) is 18.4. The summed E-state index contributed by atoms with van der Waals surface area (Å²) in [5.74, 6) is 2.30. The highest BCUT2D eigenvalue weighted by atomic mass is 35.5. The lowest BCUT2D eigenvalue weighted by atomic mass is 10.0. The van der Waals surface area contributed by atoms with Gasteiger partial charge in [0.05, 0.1) is 22.8 Å². The van der Waals surface area contributed by atoms with Gasteiger partial charge in [0.1, 0.15) is 23.9 Å². The molecule has 0 unspecified atom stereocenters. The molecule has 0 spiro atoms. The van der Waals surface area contributed by atoms with Crippen LogP contribution in [0.5, 0.6) is 23.1 Å². The molecule has 0 atom stereocenters. The van der Waals surface area contributed by atoms with Gasteiger partial charge in [-0.3, -0.25) is 9.69 Å². The van der Waals surface area contributed by atoms with Crippen molar-refractivity contribution in [2.75, 3.05) is 32.8 Å². The zero-order valence-electron chi connectivity index (χ0n) is 30.7. The van der Waals surface area contributed by atoms with E-state index in [1.807, 2.05) is 30.0 Å². The third-order valence-corrected chi connectivity index (χ3v) is 9.95. The molecule has 0 saturated carbocycles. The maximum Gasteiger partial charge on any atom is 0.246 e. The quantitative estimate of drug-likeness (QED) is 0.105. The van der Waals surface area contributed by atoms with E-state index in [1.165, 1.54) is 35.0 Å². The van der Waals surface area contributed by atoms with Crippen LogP contribution in [0, 0.1) is 12.7 Å². The zero-order valence-corrected chi connectivity index (χ0v) is 32.2. The molecule has 280 valence electrons. The zero-order chi connectivity index (χ0) is 38.0. The molecule has 1 amide bonds. The number of pyridine rings is 1. The summed E-state index contributed by atoms with van der Waals surface area (Å²) in [6.07, 6.45) is 5.77. The number of benzene rings is 4. The number of aryl methyl sites for hydroxylation is 1. The molecule has 1 aliphatic rings. The molecule has 1 aliphatic heterocycles. The van der Waals surface area contributed by atoms with Crippen molar-refractivity contribution in [3.05, 3.63) is 153 Å². The van der Waals surface area contributed by atoms with Crippen LogP contribution in [-0.2, 0) is 24.4 Å². The number of aromatic nitrogens is 1. The Labute approximate surface area is 326 Å². The molecule has 7 nitrogen and oxygen atoms in total. The highest BCUT2D eigenvalue weighted by Gasteiger charge is 2.20. The largest absolute Gasteiger partial charge is 0.493 e. The highest BCUT2D eigenvalue weighted by molar-refractivity contribution is 6.32. The van der Waals surface area contributed by atoms with E-state index in [0.717, 1.165) is 42.9 Å². The van der Waals surface area contributed by atoms with E-state index < -0.39 is 5.82 Å². The number of amides is 1. The van der Waals surface area contributed by atoms with Gasteiger partial charge in [0.2, 0.25) is 11.8 Å². The van der Waals surface area contributed by atoms with Crippen molar-refractivity contribution in [3.8, 4) is 23.1 Å². The van der Waals surface area contributed by atoms with E-state index in [4.69, 9.17) is 37.4 Å². The van der Waals surface area contributed by atoms with Crippen molar-refractivity contribution in [1.29, 1.82) is 0 Å². The normalized spacial score (nSPS) is 13.4. The van der Waals surface area contributed by atoms with Crippen molar-refractivity contribution in [2.45, 2.75) is 46.3 Å². The van der Waals surface area contributed by atoms with E-state index in [-0.39, 0.29) is 12.5 Å². The van der Waals surface area contributed by atoms with E-state index >= 15 is 0 Å². The average molecular weight is 769 g/mol. The molecular weight excluding hydrogens is 724 g/mol. The molecule has 1 fully saturated rings. The Kier molecular flexibility index (Phi) is 13.3. The molecular formula is C44H44Cl2FN3O4. The van der Waals surface area contributed by atoms with Crippen LogP contribution < -0.4 is 14.2 Å². The molecule has 4 aromatic carbocycles. The number of hydrogen-bond acceptors (Lipinski definition) is 6. The van der Waals surface area contributed by atoms with Crippen LogP contribution in [0.4, 0.5) is 4.39 Å². The summed E-state index contributed by atoms with van der Waals surface area (Å²) in [5, 5.41) is 0.697. The third-order valence-electron chi connectivity index (χ3n) is 9.31. The summed E-state index contributed by atoms with van der Waals surface area (Å²) in [5.41, 5.74) is 6.07. The van der Waals surface area contributed by atoms with Gasteiger partial charge in [-0.1, -0.05) is 79.5 Å². The van der Waals surface area contributed by atoms with Crippen molar-refractivity contribution in [3.63, 3.8) is 0 Å². The number of rotatable bonds is 14. The Morgan fingerprint density at radius 3 is 2.24 bits per heavy atom. The first-order valence-electron chi connectivity index (χ1n) is 18.1. The second-order valence-electron chi connectivity index (χ2n) is 13.7. The first-order chi connectivity index (χ1) is 26.1. The number of piperazine rings is 1. The maximum atomic E-state index is 13.3. The van der Waals surface area contributed by atoms with Crippen molar-refractivity contribution in [2.24, 2.45) is 0 Å². The monoisotopic (exact) mass is 767 g/mol. The molecule has 0 N–H and O–H groups in total. The fourth-order valence-corrected chi connectivity index (χ4v) is 6.64. The average Bonchev–Trinajstić information content (AvgIpc) is 3.16. The molecule has 1 aromatic heterocycles. The minimum atomic E-state index is -0.403. The number of carbonyl (C=O) groups is 1. The van der Waals surface area contributed by atoms with Crippen LogP contribution in [0.3, 0.4) is 0 Å². The molecule has 0 radical (unpaired) electrons. The standard InChI is InChI=1S/C44H44Cl2FN3O4/c1-30(2)35-10-13-38(14-11-35)52-23-18-32-4-6-33(7-5-32)28-49-19-21-50(22-20-49)43(51)17-8-34-24-31(3)44(41(46)25-34)54-42-16-15-39(27-48-42)53-29-36-9-12-37(47)26-40(36)45/h4-17,24-27,30H,18-23,28-29H2,1-3H3. The summed E-state index contributed by atoms with van der Waals surface area (Å²) >= 11 is 12.7. The van der Waals surface area contributed by atoms with E-state index in [1.54, 1.807) is 36.4 Å². The predicted octanol–water partition coefficient (Wildman–Crippen LogP) is 10.3. The fraction of sp³-hybridized carbons (Fsp3) is 0.273. The first kappa shape index (κ1) is 38.8. The summed E-state index contributed by atoms with van der Waals surface area (Å²) in [7, 11) is 0. The van der Waals surface area contributed by atoms with Gasteiger partial charge in [-0.15, -0.1) is 0 Å². The first-order valence-corrected chi connectivity index (χ1v) is 18.9. The Balaban J connectivity index is 0.925. The van der Waals surface area contributed by atoms with Crippen LogP contribution in [-0.4, -0.2) is 53.5 Å². The van der Waals surface area contributed by atoms with Crippen LogP contribution in [0.15, 0.2) is 103 Å². The lowest BCUT2D eigenvalue weighted by Crippen LogP contribution is -2.47. The molecule has 0 bridgehead atoms. The van der Waals surface area contributed by atoms with Gasteiger partial charge in [-0.05, 0) is 89.2 Å². The van der Waals surface area contributed by atoms with Crippen LogP contribution >= 0.6 is 23.2 Å². The van der Waals surface area contributed by atoms with Crippen LogP contribution in [0.25, 0.3) is 6.08 Å². The molecule has 2 heterocycles. The molecule has 1 saturated heterocycles. The Bertz CT molecular complexity index is 2020.